The third kappa shape index (κ3) is 4.46. The van der Waals surface area contributed by atoms with Crippen molar-refractivity contribution in [2.24, 2.45) is 0 Å². The van der Waals surface area contributed by atoms with Crippen molar-refractivity contribution in [3.05, 3.63) is 89.5 Å². The van der Waals surface area contributed by atoms with E-state index in [1.54, 1.807) is 18.2 Å². The summed E-state index contributed by atoms with van der Waals surface area (Å²) in [5.74, 6) is -0.846. The van der Waals surface area contributed by atoms with Gasteiger partial charge in [-0.1, -0.05) is 42.5 Å². The predicted molar refractivity (Wildman–Crippen MR) is 102 cm³/mol. The molecule has 0 radical (unpaired) electrons. The van der Waals surface area contributed by atoms with Crippen LogP contribution in [-0.4, -0.2) is 21.3 Å². The number of carbonyl (C=O) groups excluding carboxylic acids is 1. The number of hydrogen-bond acceptors (Lipinski definition) is 5. The van der Waals surface area contributed by atoms with Crippen molar-refractivity contribution in [1.82, 2.24) is 0 Å². The lowest BCUT2D eigenvalue weighted by Gasteiger charge is -2.15. The molecule has 0 amide bonds. The molecule has 0 atom stereocenters. The Morgan fingerprint density at radius 2 is 1.53 bits per heavy atom. The molecule has 0 spiro atoms. The molecule has 0 fully saturated rings. The molecule has 0 saturated carbocycles. The zero-order valence-electron chi connectivity index (χ0n) is 15.5. The second-order valence-electron chi connectivity index (χ2n) is 6.09. The Kier molecular flexibility index (Phi) is 5.84. The molecule has 5 nitrogen and oxygen atoms in total. The van der Waals surface area contributed by atoms with Crippen LogP contribution in [0.15, 0.2) is 77.7 Å². The molecule has 3 aromatic carbocycles. The van der Waals surface area contributed by atoms with Crippen molar-refractivity contribution >= 4 is 15.9 Å². The molecule has 3 aromatic rings. The number of ketones is 1. The first-order valence-electron chi connectivity index (χ1n) is 8.52. The average molecular weight is 436 g/mol. The summed E-state index contributed by atoms with van der Waals surface area (Å²) < 4.78 is 75.3. The summed E-state index contributed by atoms with van der Waals surface area (Å²) in [7, 11) is -3.61. The highest BCUT2D eigenvalue weighted by molar-refractivity contribution is 7.87. The van der Waals surface area contributed by atoms with E-state index in [1.807, 2.05) is 0 Å². The molecule has 0 aromatic heterocycles. The number of hydrogen-bond donors (Lipinski definition) is 0. The van der Waals surface area contributed by atoms with E-state index in [4.69, 9.17) is 8.92 Å². The fraction of sp³-hybridized carbons (Fsp3) is 0.0952. The van der Waals surface area contributed by atoms with E-state index >= 15 is 0 Å². The maximum Gasteiger partial charge on any atom is 0.417 e. The summed E-state index contributed by atoms with van der Waals surface area (Å²) in [5.41, 5.74) is -1.26. The lowest BCUT2D eigenvalue weighted by Crippen LogP contribution is -2.18. The van der Waals surface area contributed by atoms with Crippen LogP contribution in [0.3, 0.4) is 0 Å². The van der Waals surface area contributed by atoms with Gasteiger partial charge in [0.15, 0.2) is 11.5 Å². The summed E-state index contributed by atoms with van der Waals surface area (Å²) in [5, 5.41) is 0. The van der Waals surface area contributed by atoms with Gasteiger partial charge in [-0.3, -0.25) is 4.79 Å². The van der Waals surface area contributed by atoms with Crippen LogP contribution in [0, 0.1) is 0 Å². The van der Waals surface area contributed by atoms with Crippen LogP contribution < -0.4 is 8.92 Å². The Balaban J connectivity index is 2.09. The molecule has 0 aliphatic heterocycles. The van der Waals surface area contributed by atoms with Crippen molar-refractivity contribution in [3.8, 4) is 11.5 Å². The van der Waals surface area contributed by atoms with Gasteiger partial charge in [0, 0.05) is 11.6 Å². The van der Waals surface area contributed by atoms with Crippen LogP contribution in [0.1, 0.15) is 21.5 Å². The van der Waals surface area contributed by atoms with E-state index in [1.165, 1.54) is 31.4 Å². The van der Waals surface area contributed by atoms with Crippen molar-refractivity contribution in [3.63, 3.8) is 0 Å². The van der Waals surface area contributed by atoms with E-state index in [2.05, 4.69) is 0 Å². The molecule has 30 heavy (non-hydrogen) atoms. The average Bonchev–Trinajstić information content (AvgIpc) is 2.73. The molecule has 0 aliphatic carbocycles. The maximum absolute atomic E-state index is 13.3. The van der Waals surface area contributed by atoms with Gasteiger partial charge < -0.3 is 8.92 Å². The van der Waals surface area contributed by atoms with Gasteiger partial charge in [-0.15, -0.1) is 0 Å². The van der Waals surface area contributed by atoms with Crippen molar-refractivity contribution < 1.29 is 35.3 Å². The van der Waals surface area contributed by atoms with Gasteiger partial charge in [-0.25, -0.2) is 0 Å². The standard InChI is InChI=1S/C21H15F3O5S/c1-28-15-11-12-16(20(25)14-7-3-2-4-8-14)18(13-15)29-30(26,27)19-10-6-5-9-17(19)21(22,23)24/h2-13H,1H3. The van der Waals surface area contributed by atoms with Gasteiger partial charge >= 0.3 is 16.3 Å². The molecule has 0 heterocycles. The maximum atomic E-state index is 13.3. The fourth-order valence-electron chi connectivity index (χ4n) is 2.71. The van der Waals surface area contributed by atoms with E-state index in [0.29, 0.717) is 6.07 Å². The van der Waals surface area contributed by atoms with Gasteiger partial charge in [0.1, 0.15) is 10.6 Å². The highest BCUT2D eigenvalue weighted by atomic mass is 32.2. The Labute approximate surface area is 170 Å². The van der Waals surface area contributed by atoms with E-state index in [9.17, 15) is 26.4 Å². The number of ether oxygens (including phenoxy) is 1. The first-order chi connectivity index (χ1) is 14.1. The van der Waals surface area contributed by atoms with Gasteiger partial charge in [0.25, 0.3) is 0 Å². The van der Waals surface area contributed by atoms with E-state index < -0.39 is 38.3 Å². The Morgan fingerprint density at radius 3 is 2.17 bits per heavy atom. The smallest absolute Gasteiger partial charge is 0.417 e. The molecule has 0 N–H and O–H groups in total. The van der Waals surface area contributed by atoms with E-state index in [-0.39, 0.29) is 16.9 Å². The topological polar surface area (TPSA) is 69.7 Å². The third-order valence-corrected chi connectivity index (χ3v) is 5.42. The minimum atomic E-state index is -4.92. The van der Waals surface area contributed by atoms with Gasteiger partial charge in [0.05, 0.1) is 18.2 Å². The number of halogens is 3. The molecule has 0 bridgehead atoms. The molecular weight excluding hydrogens is 421 g/mol. The summed E-state index contributed by atoms with van der Waals surface area (Å²) in [4.78, 5) is 11.8. The highest BCUT2D eigenvalue weighted by Crippen LogP contribution is 2.36. The molecule has 156 valence electrons. The van der Waals surface area contributed by atoms with Crippen molar-refractivity contribution in [2.75, 3.05) is 7.11 Å². The van der Waals surface area contributed by atoms with Crippen LogP contribution in [-0.2, 0) is 16.3 Å². The van der Waals surface area contributed by atoms with Crippen LogP contribution in [0.25, 0.3) is 0 Å². The third-order valence-electron chi connectivity index (χ3n) is 4.13. The normalized spacial score (nSPS) is 11.7. The Morgan fingerprint density at radius 1 is 0.900 bits per heavy atom. The summed E-state index contributed by atoms with van der Waals surface area (Å²) in [6, 6.07) is 15.4. The van der Waals surface area contributed by atoms with Gasteiger partial charge in [-0.05, 0) is 24.3 Å². The number of rotatable bonds is 6. The molecule has 3 rings (SSSR count). The van der Waals surface area contributed by atoms with Crippen LogP contribution >= 0.6 is 0 Å². The summed E-state index contributed by atoms with van der Waals surface area (Å²) in [6.07, 6.45) is -4.91. The fourth-order valence-corrected chi connectivity index (χ4v) is 3.88. The zero-order chi connectivity index (χ0) is 21.9. The second-order valence-corrected chi connectivity index (χ2v) is 7.60. The second kappa shape index (κ2) is 8.19. The lowest BCUT2D eigenvalue weighted by atomic mass is 10.0. The first kappa shape index (κ1) is 21.4. The summed E-state index contributed by atoms with van der Waals surface area (Å²) in [6.45, 7) is 0. The molecule has 0 saturated heterocycles. The lowest BCUT2D eigenvalue weighted by molar-refractivity contribution is -0.139. The van der Waals surface area contributed by atoms with Crippen LogP contribution in [0.2, 0.25) is 0 Å². The minimum absolute atomic E-state index is 0.143. The molecular formula is C21H15F3O5S. The highest BCUT2D eigenvalue weighted by Gasteiger charge is 2.38. The number of carbonyl (C=O) groups is 1. The molecule has 9 heteroatoms. The number of methoxy groups -OCH3 is 1. The van der Waals surface area contributed by atoms with Crippen LogP contribution in [0.4, 0.5) is 13.2 Å². The zero-order valence-corrected chi connectivity index (χ0v) is 16.3. The first-order valence-corrected chi connectivity index (χ1v) is 9.93. The molecule has 0 aliphatic rings. The van der Waals surface area contributed by atoms with Crippen molar-refractivity contribution in [2.45, 2.75) is 11.1 Å². The van der Waals surface area contributed by atoms with Gasteiger partial charge in [0.2, 0.25) is 0 Å². The quantitative estimate of drug-likeness (QED) is 0.413. The summed E-state index contributed by atoms with van der Waals surface area (Å²) >= 11 is 0. The monoisotopic (exact) mass is 436 g/mol. The molecule has 0 unspecified atom stereocenters. The SMILES string of the molecule is COc1ccc(C(=O)c2ccccc2)c(OS(=O)(=O)c2ccccc2C(F)(F)F)c1. The van der Waals surface area contributed by atoms with E-state index in [0.717, 1.165) is 24.3 Å². The number of benzene rings is 3. The largest absolute Gasteiger partial charge is 0.497 e. The van der Waals surface area contributed by atoms with Gasteiger partial charge in [-0.2, -0.15) is 21.6 Å². The van der Waals surface area contributed by atoms with Crippen LogP contribution in [0.5, 0.6) is 11.5 Å². The van der Waals surface area contributed by atoms with Crippen molar-refractivity contribution in [1.29, 1.82) is 0 Å². The minimum Gasteiger partial charge on any atom is -0.497 e. The predicted octanol–water partition coefficient (Wildman–Crippen LogP) is 4.71. The Bertz CT molecular complexity index is 1170. The Hall–Kier alpha value is -3.33. The number of alkyl halides is 3.